The van der Waals surface area contributed by atoms with Gasteiger partial charge in [0.05, 0.1) is 0 Å². The SMILES string of the molecule is CC12CCC(C(=CC(=O)c3ccccc3)C1=O)C2(C)C. The highest BCUT2D eigenvalue weighted by Crippen LogP contribution is 2.65. The second-order valence-electron chi connectivity index (χ2n) is 6.80. The number of hydrogen-bond acceptors (Lipinski definition) is 2. The number of carbonyl (C=O) groups excluding carboxylic acids is 2. The van der Waals surface area contributed by atoms with Crippen LogP contribution in [0.3, 0.4) is 0 Å². The summed E-state index contributed by atoms with van der Waals surface area (Å²) in [6, 6.07) is 9.17. The highest BCUT2D eigenvalue weighted by molar-refractivity contribution is 6.13. The van der Waals surface area contributed by atoms with E-state index >= 15 is 0 Å². The summed E-state index contributed by atoms with van der Waals surface area (Å²) in [5.41, 5.74) is 1.07. The molecule has 2 heteroatoms. The van der Waals surface area contributed by atoms with Crippen molar-refractivity contribution < 1.29 is 9.59 Å². The van der Waals surface area contributed by atoms with E-state index in [9.17, 15) is 9.59 Å². The lowest BCUT2D eigenvalue weighted by atomic mass is 9.70. The quantitative estimate of drug-likeness (QED) is 0.603. The Bertz CT molecular complexity index is 610. The van der Waals surface area contributed by atoms with Gasteiger partial charge in [0.2, 0.25) is 0 Å². The summed E-state index contributed by atoms with van der Waals surface area (Å²) in [7, 11) is 0. The summed E-state index contributed by atoms with van der Waals surface area (Å²) < 4.78 is 0. The first kappa shape index (κ1) is 13.3. The van der Waals surface area contributed by atoms with Gasteiger partial charge in [0.1, 0.15) is 0 Å². The van der Waals surface area contributed by atoms with E-state index in [1.54, 1.807) is 18.2 Å². The van der Waals surface area contributed by atoms with Crippen LogP contribution in [-0.4, -0.2) is 11.6 Å². The van der Waals surface area contributed by atoms with E-state index in [0.717, 1.165) is 18.4 Å². The Hall–Kier alpha value is -1.70. The predicted molar refractivity (Wildman–Crippen MR) is 78.5 cm³/mol. The third kappa shape index (κ3) is 1.57. The van der Waals surface area contributed by atoms with E-state index in [1.807, 2.05) is 18.2 Å². The lowest BCUT2D eigenvalue weighted by molar-refractivity contribution is -0.125. The van der Waals surface area contributed by atoms with Gasteiger partial charge in [-0.15, -0.1) is 0 Å². The summed E-state index contributed by atoms with van der Waals surface area (Å²) in [5.74, 6) is 0.358. The van der Waals surface area contributed by atoms with Crippen LogP contribution < -0.4 is 0 Å². The minimum absolute atomic E-state index is 0.0348. The first-order valence-corrected chi connectivity index (χ1v) is 7.24. The summed E-state index contributed by atoms with van der Waals surface area (Å²) in [5, 5.41) is 0. The van der Waals surface area contributed by atoms with Gasteiger partial charge in [-0.25, -0.2) is 0 Å². The molecule has 0 aromatic heterocycles. The van der Waals surface area contributed by atoms with Crippen molar-refractivity contribution in [3.63, 3.8) is 0 Å². The maximum Gasteiger partial charge on any atom is 0.186 e. The molecule has 0 saturated heterocycles. The highest BCUT2D eigenvalue weighted by atomic mass is 16.1. The van der Waals surface area contributed by atoms with E-state index in [4.69, 9.17) is 0 Å². The van der Waals surface area contributed by atoms with E-state index in [1.165, 1.54) is 0 Å². The normalized spacial score (nSPS) is 32.9. The molecular formula is C18H20O2. The van der Waals surface area contributed by atoms with Gasteiger partial charge in [0.15, 0.2) is 11.6 Å². The van der Waals surface area contributed by atoms with Crippen LogP contribution in [0.15, 0.2) is 42.0 Å². The zero-order valence-corrected chi connectivity index (χ0v) is 12.3. The van der Waals surface area contributed by atoms with Crippen molar-refractivity contribution in [2.24, 2.45) is 16.7 Å². The Kier molecular flexibility index (Phi) is 2.75. The molecule has 104 valence electrons. The van der Waals surface area contributed by atoms with Crippen molar-refractivity contribution in [3.05, 3.63) is 47.5 Å². The molecule has 1 aromatic carbocycles. The van der Waals surface area contributed by atoms with Crippen molar-refractivity contribution in [1.29, 1.82) is 0 Å². The van der Waals surface area contributed by atoms with E-state index in [0.29, 0.717) is 5.56 Å². The molecule has 0 N–H and O–H groups in total. The summed E-state index contributed by atoms with van der Waals surface area (Å²) in [6.07, 6.45) is 3.55. The van der Waals surface area contributed by atoms with Gasteiger partial charge in [0.25, 0.3) is 0 Å². The molecule has 2 nitrogen and oxygen atoms in total. The Morgan fingerprint density at radius 2 is 1.85 bits per heavy atom. The Morgan fingerprint density at radius 3 is 2.40 bits per heavy atom. The Balaban J connectivity index is 1.99. The number of carbonyl (C=O) groups is 2. The third-order valence-corrected chi connectivity index (χ3v) is 5.71. The average molecular weight is 268 g/mol. The summed E-state index contributed by atoms with van der Waals surface area (Å²) >= 11 is 0. The zero-order valence-electron chi connectivity index (χ0n) is 12.3. The molecule has 0 radical (unpaired) electrons. The topological polar surface area (TPSA) is 34.1 Å². The fourth-order valence-electron chi connectivity index (χ4n) is 3.92. The van der Waals surface area contributed by atoms with Crippen molar-refractivity contribution in [1.82, 2.24) is 0 Å². The second-order valence-corrected chi connectivity index (χ2v) is 6.80. The molecule has 0 amide bonds. The van der Waals surface area contributed by atoms with Crippen LogP contribution in [0.1, 0.15) is 44.0 Å². The molecular weight excluding hydrogens is 248 g/mol. The fraction of sp³-hybridized carbons (Fsp3) is 0.444. The number of Topliss-reactive ketones (excluding diaryl/α,β-unsaturated/α-hetero) is 1. The largest absolute Gasteiger partial charge is 0.294 e. The summed E-state index contributed by atoms with van der Waals surface area (Å²) in [4.78, 5) is 25.0. The van der Waals surface area contributed by atoms with Crippen molar-refractivity contribution in [2.75, 3.05) is 0 Å². The molecule has 2 saturated carbocycles. The van der Waals surface area contributed by atoms with E-state index in [2.05, 4.69) is 20.8 Å². The average Bonchev–Trinajstić information content (AvgIpc) is 2.74. The van der Waals surface area contributed by atoms with Gasteiger partial charge in [-0.1, -0.05) is 51.1 Å². The van der Waals surface area contributed by atoms with Gasteiger partial charge in [-0.05, 0) is 30.3 Å². The third-order valence-electron chi connectivity index (χ3n) is 5.71. The van der Waals surface area contributed by atoms with E-state index in [-0.39, 0.29) is 28.3 Å². The number of fused-ring (bicyclic) bond motifs is 2. The molecule has 0 heterocycles. The van der Waals surface area contributed by atoms with Crippen LogP contribution in [0.25, 0.3) is 0 Å². The minimum atomic E-state index is -0.291. The molecule has 2 bridgehead atoms. The van der Waals surface area contributed by atoms with Gasteiger partial charge in [-0.2, -0.15) is 0 Å². The molecule has 20 heavy (non-hydrogen) atoms. The minimum Gasteiger partial charge on any atom is -0.294 e. The smallest absolute Gasteiger partial charge is 0.186 e. The molecule has 2 atom stereocenters. The van der Waals surface area contributed by atoms with Crippen LogP contribution in [0.5, 0.6) is 0 Å². The monoisotopic (exact) mass is 268 g/mol. The van der Waals surface area contributed by atoms with Crippen LogP contribution >= 0.6 is 0 Å². The molecule has 1 aromatic rings. The van der Waals surface area contributed by atoms with Crippen LogP contribution in [0.2, 0.25) is 0 Å². The van der Waals surface area contributed by atoms with Crippen molar-refractivity contribution >= 4 is 11.6 Å². The first-order chi connectivity index (χ1) is 9.38. The predicted octanol–water partition coefficient (Wildman–Crippen LogP) is 3.82. The van der Waals surface area contributed by atoms with Crippen LogP contribution in [-0.2, 0) is 4.79 Å². The molecule has 2 fully saturated rings. The number of ketones is 2. The van der Waals surface area contributed by atoms with Gasteiger partial charge >= 0.3 is 0 Å². The van der Waals surface area contributed by atoms with Gasteiger partial charge in [0, 0.05) is 16.6 Å². The number of rotatable bonds is 2. The zero-order chi connectivity index (χ0) is 14.5. The van der Waals surface area contributed by atoms with Crippen molar-refractivity contribution in [3.8, 4) is 0 Å². The molecule has 2 aliphatic rings. The van der Waals surface area contributed by atoms with Crippen LogP contribution in [0, 0.1) is 16.7 Å². The summed E-state index contributed by atoms with van der Waals surface area (Å²) in [6.45, 7) is 6.38. The van der Waals surface area contributed by atoms with E-state index < -0.39 is 0 Å². The number of allylic oxidation sites excluding steroid dienone is 2. The molecule has 0 spiro atoms. The Labute approximate surface area is 119 Å². The fourth-order valence-corrected chi connectivity index (χ4v) is 3.92. The van der Waals surface area contributed by atoms with Gasteiger partial charge in [-0.3, -0.25) is 9.59 Å². The maximum absolute atomic E-state index is 12.7. The molecule has 3 rings (SSSR count). The standard InChI is InChI=1S/C18H20O2/c1-17(2)14-9-10-18(17,3)16(20)13(14)11-15(19)12-7-5-4-6-8-12/h4-8,11,14H,9-10H2,1-3H3. The number of benzene rings is 1. The maximum atomic E-state index is 12.7. The van der Waals surface area contributed by atoms with Crippen molar-refractivity contribution in [2.45, 2.75) is 33.6 Å². The highest BCUT2D eigenvalue weighted by Gasteiger charge is 2.63. The Morgan fingerprint density at radius 1 is 1.20 bits per heavy atom. The second kappa shape index (κ2) is 4.15. The lowest BCUT2D eigenvalue weighted by Crippen LogP contribution is -2.32. The molecule has 0 aliphatic heterocycles. The van der Waals surface area contributed by atoms with Gasteiger partial charge < -0.3 is 0 Å². The number of hydrogen-bond donors (Lipinski definition) is 0. The molecule has 2 unspecified atom stereocenters. The van der Waals surface area contributed by atoms with Crippen LogP contribution in [0.4, 0.5) is 0 Å². The molecule has 2 aliphatic carbocycles. The lowest BCUT2D eigenvalue weighted by Gasteiger charge is -2.31. The first-order valence-electron chi connectivity index (χ1n) is 7.24.